The van der Waals surface area contributed by atoms with Crippen LogP contribution in [0.25, 0.3) is 0 Å². The number of aldehydes is 1. The van der Waals surface area contributed by atoms with Gasteiger partial charge in [-0.3, -0.25) is 4.79 Å². The average Bonchev–Trinajstić information content (AvgIpc) is 2.80. The fourth-order valence-electron chi connectivity index (χ4n) is 1.24. The van der Waals surface area contributed by atoms with Crippen molar-refractivity contribution in [1.82, 2.24) is 0 Å². The van der Waals surface area contributed by atoms with Crippen molar-refractivity contribution in [3.63, 3.8) is 0 Å². The summed E-state index contributed by atoms with van der Waals surface area (Å²) in [5.41, 5.74) is 1.66. The molecule has 0 radical (unpaired) electrons. The van der Waals surface area contributed by atoms with E-state index in [0.717, 1.165) is 11.8 Å². The van der Waals surface area contributed by atoms with E-state index in [4.69, 9.17) is 16.3 Å². The molecule has 82 valence electrons. The maximum atomic E-state index is 10.5. The molecular weight excluding hydrogens is 244 g/mol. The van der Waals surface area contributed by atoms with Crippen molar-refractivity contribution < 1.29 is 9.53 Å². The van der Waals surface area contributed by atoms with Gasteiger partial charge < -0.3 is 4.74 Å². The van der Waals surface area contributed by atoms with Gasteiger partial charge in [-0.05, 0) is 40.6 Å². The third-order valence-electron chi connectivity index (χ3n) is 2.07. The van der Waals surface area contributed by atoms with E-state index in [0.29, 0.717) is 22.9 Å². The van der Waals surface area contributed by atoms with Crippen LogP contribution in [0, 0.1) is 0 Å². The Kier molecular flexibility index (Phi) is 3.59. The van der Waals surface area contributed by atoms with Crippen LogP contribution < -0.4 is 4.74 Å². The van der Waals surface area contributed by atoms with Gasteiger partial charge in [0.15, 0.2) is 0 Å². The van der Waals surface area contributed by atoms with Crippen LogP contribution in [0.4, 0.5) is 0 Å². The molecule has 16 heavy (non-hydrogen) atoms. The highest BCUT2D eigenvalue weighted by molar-refractivity contribution is 7.07. The quantitative estimate of drug-likeness (QED) is 0.774. The number of halogens is 1. The second kappa shape index (κ2) is 5.14. The van der Waals surface area contributed by atoms with Crippen molar-refractivity contribution >= 4 is 29.2 Å². The highest BCUT2D eigenvalue weighted by Gasteiger charge is 2.03. The second-order valence-electron chi connectivity index (χ2n) is 3.23. The van der Waals surface area contributed by atoms with E-state index in [1.807, 2.05) is 16.8 Å². The molecule has 0 saturated carbocycles. The number of carbonyl (C=O) groups excluding carboxylic acids is 1. The third kappa shape index (κ3) is 2.62. The molecule has 2 aromatic rings. The van der Waals surface area contributed by atoms with E-state index >= 15 is 0 Å². The molecule has 0 amide bonds. The van der Waals surface area contributed by atoms with Gasteiger partial charge >= 0.3 is 0 Å². The van der Waals surface area contributed by atoms with Gasteiger partial charge in [0.05, 0.1) is 5.02 Å². The Morgan fingerprint density at radius 1 is 1.38 bits per heavy atom. The minimum absolute atomic E-state index is 0.458. The number of carbonyl (C=O) groups is 1. The number of thiophene rings is 1. The van der Waals surface area contributed by atoms with Crippen LogP contribution in [-0.4, -0.2) is 6.29 Å². The number of rotatable bonds is 4. The normalized spacial score (nSPS) is 10.1. The molecular formula is C12H9ClO2S. The number of hydrogen-bond acceptors (Lipinski definition) is 3. The summed E-state index contributed by atoms with van der Waals surface area (Å²) in [5.74, 6) is 0.596. The van der Waals surface area contributed by atoms with Crippen LogP contribution in [0.2, 0.25) is 5.02 Å². The van der Waals surface area contributed by atoms with E-state index in [2.05, 4.69) is 0 Å². The van der Waals surface area contributed by atoms with Gasteiger partial charge in [-0.1, -0.05) is 11.6 Å². The molecule has 0 saturated heterocycles. The predicted molar refractivity (Wildman–Crippen MR) is 65.5 cm³/mol. The van der Waals surface area contributed by atoms with Crippen LogP contribution >= 0.6 is 22.9 Å². The molecule has 2 rings (SSSR count). The standard InChI is InChI=1S/C12H9ClO2S/c13-11-5-9(6-14)1-2-12(11)15-7-10-3-4-16-8-10/h1-6,8H,7H2. The molecule has 1 aromatic heterocycles. The summed E-state index contributed by atoms with van der Waals surface area (Å²) >= 11 is 7.59. The lowest BCUT2D eigenvalue weighted by atomic mass is 10.2. The molecule has 0 aliphatic carbocycles. The van der Waals surface area contributed by atoms with Crippen molar-refractivity contribution in [3.05, 3.63) is 51.2 Å². The zero-order valence-corrected chi connectivity index (χ0v) is 9.92. The molecule has 0 spiro atoms. The minimum atomic E-state index is 0.458. The van der Waals surface area contributed by atoms with Crippen LogP contribution in [0.15, 0.2) is 35.0 Å². The highest BCUT2D eigenvalue weighted by atomic mass is 35.5. The summed E-state index contributed by atoms with van der Waals surface area (Å²) in [6, 6.07) is 6.98. The van der Waals surface area contributed by atoms with Crippen LogP contribution in [0.3, 0.4) is 0 Å². The molecule has 0 aliphatic rings. The fourth-order valence-corrected chi connectivity index (χ4v) is 2.14. The molecule has 1 heterocycles. The minimum Gasteiger partial charge on any atom is -0.487 e. The summed E-state index contributed by atoms with van der Waals surface area (Å²) in [7, 11) is 0. The van der Waals surface area contributed by atoms with E-state index < -0.39 is 0 Å². The Morgan fingerprint density at radius 2 is 2.25 bits per heavy atom. The molecule has 0 atom stereocenters. The van der Waals surface area contributed by atoms with Crippen molar-refractivity contribution in [2.24, 2.45) is 0 Å². The SMILES string of the molecule is O=Cc1ccc(OCc2ccsc2)c(Cl)c1. The molecule has 0 aliphatic heterocycles. The lowest BCUT2D eigenvalue weighted by molar-refractivity contribution is 0.112. The molecule has 0 bridgehead atoms. The first kappa shape index (κ1) is 11.2. The summed E-state index contributed by atoms with van der Waals surface area (Å²) in [6.07, 6.45) is 0.758. The molecule has 0 fully saturated rings. The van der Waals surface area contributed by atoms with Crippen LogP contribution in [0.5, 0.6) is 5.75 Å². The Hall–Kier alpha value is -1.32. The summed E-state index contributed by atoms with van der Waals surface area (Å²) in [5, 5.41) is 4.48. The zero-order chi connectivity index (χ0) is 11.4. The van der Waals surface area contributed by atoms with Gasteiger partial charge in [0, 0.05) is 5.56 Å². The molecule has 4 heteroatoms. The van der Waals surface area contributed by atoms with E-state index in [9.17, 15) is 4.79 Å². The van der Waals surface area contributed by atoms with Gasteiger partial charge in [-0.15, -0.1) is 0 Å². The van der Waals surface area contributed by atoms with Gasteiger partial charge in [0.1, 0.15) is 18.6 Å². The highest BCUT2D eigenvalue weighted by Crippen LogP contribution is 2.25. The first-order valence-corrected chi connectivity index (χ1v) is 6.00. The Bertz CT molecular complexity index is 480. The van der Waals surface area contributed by atoms with Crippen molar-refractivity contribution in [2.45, 2.75) is 6.61 Å². The van der Waals surface area contributed by atoms with E-state index in [1.165, 1.54) is 0 Å². The smallest absolute Gasteiger partial charge is 0.150 e. The Balaban J connectivity index is 2.07. The van der Waals surface area contributed by atoms with Crippen molar-refractivity contribution in [1.29, 1.82) is 0 Å². The molecule has 2 nitrogen and oxygen atoms in total. The first-order valence-electron chi connectivity index (χ1n) is 4.68. The van der Waals surface area contributed by atoms with E-state index in [1.54, 1.807) is 29.5 Å². The first-order chi connectivity index (χ1) is 7.79. The molecule has 0 N–H and O–H groups in total. The number of hydrogen-bond donors (Lipinski definition) is 0. The summed E-state index contributed by atoms with van der Waals surface area (Å²) in [6.45, 7) is 0.490. The van der Waals surface area contributed by atoms with Gasteiger partial charge in [-0.25, -0.2) is 0 Å². The summed E-state index contributed by atoms with van der Waals surface area (Å²) in [4.78, 5) is 10.5. The van der Waals surface area contributed by atoms with Crippen LogP contribution in [0.1, 0.15) is 15.9 Å². The Labute approximate surface area is 102 Å². The lowest BCUT2D eigenvalue weighted by Gasteiger charge is -2.06. The molecule has 0 unspecified atom stereocenters. The zero-order valence-electron chi connectivity index (χ0n) is 8.35. The van der Waals surface area contributed by atoms with Crippen LogP contribution in [-0.2, 0) is 6.61 Å². The lowest BCUT2D eigenvalue weighted by Crippen LogP contribution is -1.94. The topological polar surface area (TPSA) is 26.3 Å². The second-order valence-corrected chi connectivity index (χ2v) is 4.42. The third-order valence-corrected chi connectivity index (χ3v) is 3.09. The monoisotopic (exact) mass is 252 g/mol. The van der Waals surface area contributed by atoms with E-state index in [-0.39, 0.29) is 0 Å². The number of ether oxygens (including phenoxy) is 1. The largest absolute Gasteiger partial charge is 0.487 e. The maximum absolute atomic E-state index is 10.5. The number of benzene rings is 1. The van der Waals surface area contributed by atoms with Gasteiger partial charge in [-0.2, -0.15) is 11.3 Å². The maximum Gasteiger partial charge on any atom is 0.150 e. The predicted octanol–water partition coefficient (Wildman–Crippen LogP) is 3.79. The molecule has 1 aromatic carbocycles. The van der Waals surface area contributed by atoms with Crippen molar-refractivity contribution in [2.75, 3.05) is 0 Å². The van der Waals surface area contributed by atoms with Crippen molar-refractivity contribution in [3.8, 4) is 5.75 Å². The van der Waals surface area contributed by atoms with Gasteiger partial charge in [0.25, 0.3) is 0 Å². The summed E-state index contributed by atoms with van der Waals surface area (Å²) < 4.78 is 5.54. The Morgan fingerprint density at radius 3 is 2.88 bits per heavy atom. The van der Waals surface area contributed by atoms with Gasteiger partial charge in [0.2, 0.25) is 0 Å². The fraction of sp³-hybridized carbons (Fsp3) is 0.0833. The average molecular weight is 253 g/mol.